The third-order valence-corrected chi connectivity index (χ3v) is 5.96. The molecule has 4 rings (SSSR count). The van der Waals surface area contributed by atoms with E-state index in [1.54, 1.807) is 18.1 Å². The summed E-state index contributed by atoms with van der Waals surface area (Å²) in [4.78, 5) is 29.5. The van der Waals surface area contributed by atoms with Crippen LogP contribution < -0.4 is 10.6 Å². The molecule has 7 nitrogen and oxygen atoms in total. The summed E-state index contributed by atoms with van der Waals surface area (Å²) in [6, 6.07) is 2.10. The molecule has 0 unspecified atom stereocenters. The lowest BCUT2D eigenvalue weighted by molar-refractivity contribution is -0.129. The van der Waals surface area contributed by atoms with Crippen LogP contribution in [-0.4, -0.2) is 56.7 Å². The zero-order chi connectivity index (χ0) is 17.4. The van der Waals surface area contributed by atoms with Crippen molar-refractivity contribution in [2.75, 3.05) is 23.7 Å². The Morgan fingerprint density at radius 3 is 3.08 bits per heavy atom. The summed E-state index contributed by atoms with van der Waals surface area (Å²) in [6.45, 7) is 3.64. The third kappa shape index (κ3) is 3.41. The van der Waals surface area contributed by atoms with Crippen LogP contribution in [0, 0.1) is 0 Å². The molecule has 1 fully saturated rings. The van der Waals surface area contributed by atoms with E-state index in [1.807, 2.05) is 30.3 Å². The maximum absolute atomic E-state index is 13.0. The van der Waals surface area contributed by atoms with Crippen LogP contribution in [0.3, 0.4) is 0 Å². The van der Waals surface area contributed by atoms with Crippen molar-refractivity contribution >= 4 is 46.9 Å². The highest BCUT2D eigenvalue weighted by Crippen LogP contribution is 2.31. The second kappa shape index (κ2) is 7.85. The number of carbonyl (C=O) groups excluding carboxylic acids is 1. The van der Waals surface area contributed by atoms with Gasteiger partial charge >= 0.3 is 0 Å². The Balaban J connectivity index is 0.00000196. The number of thioether (sulfide) groups is 1. The lowest BCUT2D eigenvalue weighted by Gasteiger charge is -2.38. The van der Waals surface area contributed by atoms with E-state index in [0.29, 0.717) is 0 Å². The van der Waals surface area contributed by atoms with Gasteiger partial charge in [0, 0.05) is 43.3 Å². The van der Waals surface area contributed by atoms with Crippen molar-refractivity contribution in [1.82, 2.24) is 19.9 Å². The monoisotopic (exact) mass is 394 g/mol. The standard InChI is InChI=1S/C17H22N6OS.ClH/c1-11-13(18)3-2-6-23(11)17(24)14-9-22(7-8-25-14)16-12-4-5-19-15(12)20-10-21-16;/h4-5,9-11,13H,2-3,6-8,18H2,1H3,(H,19,20,21);1H/t11-,13-;/m1./s1. The van der Waals surface area contributed by atoms with Crippen LogP contribution in [0.25, 0.3) is 11.0 Å². The Kier molecular flexibility index (Phi) is 5.74. The van der Waals surface area contributed by atoms with Crippen LogP contribution in [-0.2, 0) is 4.79 Å². The maximum Gasteiger partial charge on any atom is 0.262 e. The number of anilines is 1. The van der Waals surface area contributed by atoms with Gasteiger partial charge in [-0.1, -0.05) is 0 Å². The second-order valence-corrected chi connectivity index (χ2v) is 7.65. The lowest BCUT2D eigenvalue weighted by atomic mass is 9.98. The van der Waals surface area contributed by atoms with Crippen LogP contribution >= 0.6 is 24.2 Å². The molecule has 2 aromatic heterocycles. The van der Waals surface area contributed by atoms with E-state index in [4.69, 9.17) is 5.73 Å². The van der Waals surface area contributed by atoms with Crippen molar-refractivity contribution in [2.24, 2.45) is 5.73 Å². The molecule has 1 amide bonds. The minimum Gasteiger partial charge on any atom is -0.346 e. The van der Waals surface area contributed by atoms with Gasteiger partial charge in [0.05, 0.1) is 10.3 Å². The fourth-order valence-corrected chi connectivity index (χ4v) is 4.42. The summed E-state index contributed by atoms with van der Waals surface area (Å²) in [6.07, 6.45) is 7.29. The maximum atomic E-state index is 13.0. The first-order chi connectivity index (χ1) is 12.1. The van der Waals surface area contributed by atoms with E-state index < -0.39 is 0 Å². The van der Waals surface area contributed by atoms with E-state index >= 15 is 0 Å². The number of carbonyl (C=O) groups is 1. The van der Waals surface area contributed by atoms with Gasteiger partial charge < -0.3 is 20.5 Å². The first kappa shape index (κ1) is 19.0. The number of likely N-dealkylation sites (tertiary alicyclic amines) is 1. The summed E-state index contributed by atoms with van der Waals surface area (Å²) >= 11 is 1.61. The summed E-state index contributed by atoms with van der Waals surface area (Å²) in [5.74, 6) is 1.76. The number of nitrogens with two attached hydrogens (primary N) is 1. The molecule has 140 valence electrons. The van der Waals surface area contributed by atoms with Crippen LogP contribution in [0.5, 0.6) is 0 Å². The molecular formula is C17H23ClN6OS. The smallest absolute Gasteiger partial charge is 0.262 e. The quantitative estimate of drug-likeness (QED) is 0.810. The SMILES string of the molecule is C[C@@H]1[C@H](N)CCCN1C(=O)C1=CN(c2ncnc3[nH]ccc23)CCS1.Cl. The predicted octanol–water partition coefficient (Wildman–Crippen LogP) is 2.11. The zero-order valence-corrected chi connectivity index (χ0v) is 16.2. The molecule has 26 heavy (non-hydrogen) atoms. The van der Waals surface area contributed by atoms with Crippen molar-refractivity contribution < 1.29 is 4.79 Å². The molecule has 0 radical (unpaired) electrons. The first-order valence-electron chi connectivity index (χ1n) is 8.61. The van der Waals surface area contributed by atoms with Crippen LogP contribution in [0.15, 0.2) is 29.7 Å². The number of nitrogens with one attached hydrogen (secondary N) is 1. The fraction of sp³-hybridized carbons (Fsp3) is 0.471. The Hall–Kier alpha value is -1.77. The normalized spacial score (nSPS) is 23.5. The second-order valence-electron chi connectivity index (χ2n) is 6.52. The van der Waals surface area contributed by atoms with Gasteiger partial charge in [0.2, 0.25) is 0 Å². The number of amides is 1. The Morgan fingerprint density at radius 1 is 1.38 bits per heavy atom. The molecule has 3 N–H and O–H groups in total. The van der Waals surface area contributed by atoms with Crippen LogP contribution in [0.2, 0.25) is 0 Å². The summed E-state index contributed by atoms with van der Waals surface area (Å²) in [5, 5.41) is 0.964. The molecule has 2 aliphatic heterocycles. The molecule has 9 heteroatoms. The van der Waals surface area contributed by atoms with Crippen molar-refractivity contribution in [3.8, 4) is 0 Å². The van der Waals surface area contributed by atoms with Gasteiger partial charge in [0.25, 0.3) is 5.91 Å². The zero-order valence-electron chi connectivity index (χ0n) is 14.6. The average Bonchev–Trinajstić information content (AvgIpc) is 3.12. The number of fused-ring (bicyclic) bond motifs is 1. The molecule has 2 atom stereocenters. The lowest BCUT2D eigenvalue weighted by Crippen LogP contribution is -2.53. The summed E-state index contributed by atoms with van der Waals surface area (Å²) in [7, 11) is 0. The topological polar surface area (TPSA) is 91.1 Å². The highest BCUT2D eigenvalue weighted by Gasteiger charge is 2.32. The van der Waals surface area contributed by atoms with Gasteiger partial charge in [-0.05, 0) is 25.8 Å². The van der Waals surface area contributed by atoms with E-state index in [1.165, 1.54) is 0 Å². The molecule has 0 spiro atoms. The number of nitrogens with zero attached hydrogens (tertiary/aromatic N) is 4. The van der Waals surface area contributed by atoms with Crippen LogP contribution in [0.1, 0.15) is 19.8 Å². The van der Waals surface area contributed by atoms with Crippen molar-refractivity contribution in [3.63, 3.8) is 0 Å². The van der Waals surface area contributed by atoms with Gasteiger partial charge in [-0.3, -0.25) is 4.79 Å². The van der Waals surface area contributed by atoms with Crippen molar-refractivity contribution in [2.45, 2.75) is 31.8 Å². The highest BCUT2D eigenvalue weighted by molar-refractivity contribution is 8.04. The van der Waals surface area contributed by atoms with Gasteiger partial charge in [0.1, 0.15) is 17.8 Å². The number of aromatic amines is 1. The number of aromatic nitrogens is 3. The predicted molar refractivity (Wildman–Crippen MR) is 107 cm³/mol. The van der Waals surface area contributed by atoms with Gasteiger partial charge in [-0.25, -0.2) is 9.97 Å². The molecule has 0 saturated carbocycles. The largest absolute Gasteiger partial charge is 0.346 e. The van der Waals surface area contributed by atoms with Crippen molar-refractivity contribution in [1.29, 1.82) is 0 Å². The van der Waals surface area contributed by atoms with Gasteiger partial charge in [-0.2, -0.15) is 0 Å². The summed E-state index contributed by atoms with van der Waals surface area (Å²) < 4.78 is 0. The number of rotatable bonds is 2. The number of piperidine rings is 1. The number of hydrogen-bond donors (Lipinski definition) is 2. The van der Waals surface area contributed by atoms with E-state index in [0.717, 1.165) is 53.4 Å². The Bertz CT molecular complexity index is 824. The molecule has 0 bridgehead atoms. The number of H-pyrrole nitrogens is 1. The van der Waals surface area contributed by atoms with Crippen molar-refractivity contribution in [3.05, 3.63) is 29.7 Å². The fourth-order valence-electron chi connectivity index (χ4n) is 3.47. The van der Waals surface area contributed by atoms with Gasteiger partial charge in [-0.15, -0.1) is 24.2 Å². The molecule has 1 saturated heterocycles. The molecule has 0 aromatic carbocycles. The Labute approximate surface area is 162 Å². The molecular weight excluding hydrogens is 372 g/mol. The van der Waals surface area contributed by atoms with E-state index in [9.17, 15) is 4.79 Å². The number of halogens is 1. The minimum absolute atomic E-state index is 0. The molecule has 2 aliphatic rings. The molecule has 0 aliphatic carbocycles. The molecule has 2 aromatic rings. The Morgan fingerprint density at radius 2 is 2.23 bits per heavy atom. The van der Waals surface area contributed by atoms with E-state index in [-0.39, 0.29) is 30.4 Å². The van der Waals surface area contributed by atoms with E-state index in [2.05, 4.69) is 19.9 Å². The number of hydrogen-bond acceptors (Lipinski definition) is 6. The van der Waals surface area contributed by atoms with Crippen LogP contribution in [0.4, 0.5) is 5.82 Å². The summed E-state index contributed by atoms with van der Waals surface area (Å²) in [5.41, 5.74) is 6.96. The molecule has 4 heterocycles. The third-order valence-electron chi connectivity index (χ3n) is 4.99. The average molecular weight is 395 g/mol. The first-order valence-corrected chi connectivity index (χ1v) is 9.59. The minimum atomic E-state index is 0. The van der Waals surface area contributed by atoms with Gasteiger partial charge in [0.15, 0.2) is 0 Å². The highest BCUT2D eigenvalue weighted by atomic mass is 35.5.